The fraction of sp³-hybridized carbons (Fsp3) is 0.385. The number of hydrogen-bond acceptors (Lipinski definition) is 5. The molecule has 1 unspecified atom stereocenters. The van der Waals surface area contributed by atoms with Crippen molar-refractivity contribution in [1.82, 2.24) is 9.97 Å². The van der Waals surface area contributed by atoms with E-state index in [0.29, 0.717) is 26.4 Å². The van der Waals surface area contributed by atoms with Crippen molar-refractivity contribution in [2.45, 2.75) is 6.10 Å². The van der Waals surface area contributed by atoms with Crippen LogP contribution in [0.5, 0.6) is 0 Å². The Labute approximate surface area is 119 Å². The van der Waals surface area contributed by atoms with E-state index in [4.69, 9.17) is 9.47 Å². The molecule has 1 fully saturated rings. The third-order valence-corrected chi connectivity index (χ3v) is 3.38. The van der Waals surface area contributed by atoms with E-state index in [1.54, 1.807) is 12.4 Å². The van der Waals surface area contributed by atoms with E-state index in [2.05, 4.69) is 31.2 Å². The average molecular weight is 324 g/mol. The van der Waals surface area contributed by atoms with Gasteiger partial charge in [0.25, 0.3) is 0 Å². The van der Waals surface area contributed by atoms with E-state index in [1.165, 1.54) is 0 Å². The predicted molar refractivity (Wildman–Crippen MR) is 76.3 cm³/mol. The summed E-state index contributed by atoms with van der Waals surface area (Å²) in [5, 5.41) is 3.35. The molecule has 1 N–H and O–H groups in total. The minimum Gasteiger partial charge on any atom is -0.380 e. The number of halogens is 1. The Balaban J connectivity index is 1.76. The first kappa shape index (κ1) is 12.8. The molecule has 0 radical (unpaired) electrons. The maximum Gasteiger partial charge on any atom is 0.112 e. The van der Waals surface area contributed by atoms with Gasteiger partial charge in [-0.25, -0.2) is 0 Å². The van der Waals surface area contributed by atoms with Gasteiger partial charge in [-0.1, -0.05) is 0 Å². The SMILES string of the molecule is Brc1cnc2c(NCC3COCCO3)ccnc2c1. The van der Waals surface area contributed by atoms with Crippen molar-refractivity contribution < 1.29 is 9.47 Å². The highest BCUT2D eigenvalue weighted by atomic mass is 79.9. The molecule has 0 spiro atoms. The van der Waals surface area contributed by atoms with E-state index < -0.39 is 0 Å². The lowest BCUT2D eigenvalue weighted by molar-refractivity contribution is -0.0818. The molecule has 2 aromatic heterocycles. The van der Waals surface area contributed by atoms with Gasteiger partial charge < -0.3 is 14.8 Å². The van der Waals surface area contributed by atoms with Gasteiger partial charge in [-0.15, -0.1) is 0 Å². The van der Waals surface area contributed by atoms with Gasteiger partial charge in [-0.3, -0.25) is 9.97 Å². The van der Waals surface area contributed by atoms with E-state index in [-0.39, 0.29) is 6.10 Å². The first-order valence-corrected chi connectivity index (χ1v) is 6.96. The number of anilines is 1. The molecule has 1 saturated heterocycles. The van der Waals surface area contributed by atoms with Crippen molar-refractivity contribution in [2.24, 2.45) is 0 Å². The monoisotopic (exact) mass is 323 g/mol. The number of aromatic nitrogens is 2. The average Bonchev–Trinajstić information content (AvgIpc) is 2.45. The van der Waals surface area contributed by atoms with E-state index in [0.717, 1.165) is 21.2 Å². The number of pyridine rings is 2. The van der Waals surface area contributed by atoms with Crippen LogP contribution in [0.4, 0.5) is 5.69 Å². The van der Waals surface area contributed by atoms with Gasteiger partial charge in [0.2, 0.25) is 0 Å². The van der Waals surface area contributed by atoms with Crippen LogP contribution in [0.15, 0.2) is 29.0 Å². The molecule has 3 rings (SSSR count). The van der Waals surface area contributed by atoms with Crippen LogP contribution >= 0.6 is 15.9 Å². The second kappa shape index (κ2) is 5.81. The molecule has 19 heavy (non-hydrogen) atoms. The summed E-state index contributed by atoms with van der Waals surface area (Å²) in [6.07, 6.45) is 3.64. The number of hydrogen-bond donors (Lipinski definition) is 1. The summed E-state index contributed by atoms with van der Waals surface area (Å²) < 4.78 is 11.9. The first-order valence-electron chi connectivity index (χ1n) is 6.16. The molecule has 3 heterocycles. The highest BCUT2D eigenvalue weighted by Gasteiger charge is 2.14. The lowest BCUT2D eigenvalue weighted by Gasteiger charge is -2.23. The fourth-order valence-electron chi connectivity index (χ4n) is 2.03. The molecular weight excluding hydrogens is 310 g/mol. The molecule has 6 heteroatoms. The fourth-order valence-corrected chi connectivity index (χ4v) is 2.35. The maximum absolute atomic E-state index is 5.60. The van der Waals surface area contributed by atoms with Gasteiger partial charge in [0.05, 0.1) is 37.1 Å². The zero-order chi connectivity index (χ0) is 13.1. The number of ether oxygens (including phenoxy) is 2. The summed E-state index contributed by atoms with van der Waals surface area (Å²) in [5.41, 5.74) is 2.69. The summed E-state index contributed by atoms with van der Waals surface area (Å²) in [6, 6.07) is 3.88. The molecule has 2 aromatic rings. The summed E-state index contributed by atoms with van der Waals surface area (Å²) in [5.74, 6) is 0. The molecule has 0 amide bonds. The van der Waals surface area contributed by atoms with Crippen LogP contribution in [0.2, 0.25) is 0 Å². The van der Waals surface area contributed by atoms with Crippen LogP contribution in [0.1, 0.15) is 0 Å². The molecule has 1 aliphatic rings. The van der Waals surface area contributed by atoms with Crippen molar-refractivity contribution in [3.8, 4) is 0 Å². The van der Waals surface area contributed by atoms with Gasteiger partial charge in [0.15, 0.2) is 0 Å². The zero-order valence-electron chi connectivity index (χ0n) is 10.3. The van der Waals surface area contributed by atoms with Gasteiger partial charge in [-0.05, 0) is 28.1 Å². The van der Waals surface area contributed by atoms with Crippen LogP contribution in [0.25, 0.3) is 11.0 Å². The second-order valence-electron chi connectivity index (χ2n) is 4.33. The molecule has 1 atom stereocenters. The van der Waals surface area contributed by atoms with E-state index in [1.807, 2.05) is 12.1 Å². The zero-order valence-corrected chi connectivity index (χ0v) is 11.9. The van der Waals surface area contributed by atoms with Gasteiger partial charge in [0.1, 0.15) is 5.52 Å². The number of nitrogens with one attached hydrogen (secondary N) is 1. The quantitative estimate of drug-likeness (QED) is 0.938. The smallest absolute Gasteiger partial charge is 0.112 e. The topological polar surface area (TPSA) is 56.3 Å². The summed E-state index contributed by atoms with van der Waals surface area (Å²) in [4.78, 5) is 8.71. The Morgan fingerprint density at radius 2 is 2.32 bits per heavy atom. The van der Waals surface area contributed by atoms with Crippen LogP contribution in [-0.4, -0.2) is 42.4 Å². The lowest BCUT2D eigenvalue weighted by Crippen LogP contribution is -2.34. The Morgan fingerprint density at radius 3 is 3.16 bits per heavy atom. The molecule has 1 aliphatic heterocycles. The Kier molecular flexibility index (Phi) is 3.91. The molecule has 0 aromatic carbocycles. The van der Waals surface area contributed by atoms with Crippen molar-refractivity contribution >= 4 is 32.7 Å². The first-order chi connectivity index (χ1) is 9.33. The normalized spacial score (nSPS) is 19.5. The second-order valence-corrected chi connectivity index (χ2v) is 5.24. The Bertz CT molecular complexity index is 573. The van der Waals surface area contributed by atoms with Gasteiger partial charge in [-0.2, -0.15) is 0 Å². The van der Waals surface area contributed by atoms with Crippen LogP contribution in [0.3, 0.4) is 0 Å². The van der Waals surface area contributed by atoms with Crippen LogP contribution < -0.4 is 5.32 Å². The molecule has 0 bridgehead atoms. The Hall–Kier alpha value is -1.24. The molecule has 0 aliphatic carbocycles. The summed E-state index contributed by atoms with van der Waals surface area (Å²) >= 11 is 3.40. The standard InChI is InChI=1S/C13H14BrN3O2/c14-9-5-12-13(17-6-9)11(1-2-15-12)16-7-10-8-18-3-4-19-10/h1-2,5-6,10H,3-4,7-8H2,(H,15,16). The molecule has 5 nitrogen and oxygen atoms in total. The Morgan fingerprint density at radius 1 is 1.37 bits per heavy atom. The molecule has 100 valence electrons. The highest BCUT2D eigenvalue weighted by molar-refractivity contribution is 9.10. The van der Waals surface area contributed by atoms with Crippen molar-refractivity contribution in [3.05, 3.63) is 29.0 Å². The lowest BCUT2D eigenvalue weighted by atomic mass is 10.2. The summed E-state index contributed by atoms with van der Waals surface area (Å²) in [7, 11) is 0. The van der Waals surface area contributed by atoms with Gasteiger partial charge >= 0.3 is 0 Å². The third-order valence-electron chi connectivity index (χ3n) is 2.95. The van der Waals surface area contributed by atoms with Crippen LogP contribution in [0, 0.1) is 0 Å². The number of nitrogens with zero attached hydrogens (tertiary/aromatic N) is 2. The number of fused-ring (bicyclic) bond motifs is 1. The van der Waals surface area contributed by atoms with E-state index in [9.17, 15) is 0 Å². The van der Waals surface area contributed by atoms with Crippen molar-refractivity contribution in [1.29, 1.82) is 0 Å². The number of rotatable bonds is 3. The summed E-state index contributed by atoms with van der Waals surface area (Å²) in [6.45, 7) is 2.69. The molecule has 0 saturated carbocycles. The molecular formula is C13H14BrN3O2. The maximum atomic E-state index is 5.60. The van der Waals surface area contributed by atoms with Gasteiger partial charge in [0, 0.05) is 23.4 Å². The van der Waals surface area contributed by atoms with Crippen LogP contribution in [-0.2, 0) is 9.47 Å². The predicted octanol–water partition coefficient (Wildman–Crippen LogP) is 2.22. The van der Waals surface area contributed by atoms with E-state index >= 15 is 0 Å². The third kappa shape index (κ3) is 3.02. The van der Waals surface area contributed by atoms with Crippen molar-refractivity contribution in [2.75, 3.05) is 31.7 Å². The minimum absolute atomic E-state index is 0.0902. The minimum atomic E-state index is 0.0902. The highest BCUT2D eigenvalue weighted by Crippen LogP contribution is 2.22. The van der Waals surface area contributed by atoms with Crippen molar-refractivity contribution in [3.63, 3.8) is 0 Å². The largest absolute Gasteiger partial charge is 0.380 e.